The van der Waals surface area contributed by atoms with Crippen LogP contribution in [0.1, 0.15) is 21.7 Å². The van der Waals surface area contributed by atoms with E-state index in [1.54, 1.807) is 34.9 Å². The zero-order valence-corrected chi connectivity index (χ0v) is 16.3. The molecule has 0 aliphatic rings. The average molecular weight is 396 g/mol. The van der Waals surface area contributed by atoms with Crippen LogP contribution in [0.15, 0.2) is 89.7 Å². The number of aromatic nitrogens is 2. The summed E-state index contributed by atoms with van der Waals surface area (Å²) in [6, 6.07) is 25.8. The summed E-state index contributed by atoms with van der Waals surface area (Å²) in [5.74, 6) is 0.0945. The summed E-state index contributed by atoms with van der Waals surface area (Å²) in [6.45, 7) is 0.281. The van der Waals surface area contributed by atoms with Gasteiger partial charge in [0.2, 0.25) is 0 Å². The number of ether oxygens (including phenoxy) is 1. The highest BCUT2D eigenvalue weighted by atomic mass is 16.5. The van der Waals surface area contributed by atoms with Gasteiger partial charge in [-0.15, -0.1) is 0 Å². The van der Waals surface area contributed by atoms with Crippen molar-refractivity contribution in [3.05, 3.63) is 112 Å². The number of para-hydroxylation sites is 1. The molecule has 4 rings (SSSR count). The summed E-state index contributed by atoms with van der Waals surface area (Å²) >= 11 is 0. The third-order valence-electron chi connectivity index (χ3n) is 4.67. The highest BCUT2D eigenvalue weighted by Crippen LogP contribution is 2.11. The lowest BCUT2D eigenvalue weighted by atomic mass is 10.2. The van der Waals surface area contributed by atoms with Gasteiger partial charge in [0.05, 0.1) is 23.0 Å². The van der Waals surface area contributed by atoms with Crippen molar-refractivity contribution in [1.82, 2.24) is 9.55 Å². The number of hydrogen-bond acceptors (Lipinski definition) is 4. The van der Waals surface area contributed by atoms with Gasteiger partial charge in [0.25, 0.3) is 5.56 Å². The zero-order valence-electron chi connectivity index (χ0n) is 16.3. The second kappa shape index (κ2) is 9.01. The van der Waals surface area contributed by atoms with E-state index in [1.165, 1.54) is 0 Å². The van der Waals surface area contributed by atoms with Crippen molar-refractivity contribution in [2.24, 2.45) is 0 Å². The second-order valence-corrected chi connectivity index (χ2v) is 6.69. The van der Waals surface area contributed by atoms with Crippen molar-refractivity contribution in [3.63, 3.8) is 0 Å². The number of fused-ring (bicyclic) bond motifs is 1. The van der Waals surface area contributed by atoms with Crippen molar-refractivity contribution in [2.75, 3.05) is 6.61 Å². The van der Waals surface area contributed by atoms with Crippen LogP contribution in [0.3, 0.4) is 0 Å². The maximum absolute atomic E-state index is 13.1. The molecule has 0 saturated carbocycles. The fraction of sp³-hybridized carbons (Fsp3) is 0.0800. The highest BCUT2D eigenvalue weighted by Gasteiger charge is 2.11. The van der Waals surface area contributed by atoms with Crippen LogP contribution in [0.5, 0.6) is 0 Å². The van der Waals surface area contributed by atoms with E-state index in [1.807, 2.05) is 66.7 Å². The van der Waals surface area contributed by atoms with Crippen molar-refractivity contribution >= 4 is 29.0 Å². The summed E-state index contributed by atoms with van der Waals surface area (Å²) in [5, 5.41) is 0.531. The molecule has 0 spiro atoms. The molecule has 0 aliphatic heterocycles. The van der Waals surface area contributed by atoms with Gasteiger partial charge in [-0.3, -0.25) is 9.36 Å². The molecule has 30 heavy (non-hydrogen) atoms. The molecule has 0 radical (unpaired) electrons. The van der Waals surface area contributed by atoms with E-state index in [2.05, 4.69) is 4.98 Å². The van der Waals surface area contributed by atoms with Gasteiger partial charge in [0.1, 0.15) is 12.4 Å². The Morgan fingerprint density at radius 2 is 1.53 bits per heavy atom. The summed E-state index contributed by atoms with van der Waals surface area (Å²) in [4.78, 5) is 29.9. The molecule has 0 amide bonds. The quantitative estimate of drug-likeness (QED) is 0.453. The van der Waals surface area contributed by atoms with Crippen LogP contribution in [0, 0.1) is 0 Å². The van der Waals surface area contributed by atoms with Gasteiger partial charge >= 0.3 is 5.97 Å². The van der Waals surface area contributed by atoms with Crippen molar-refractivity contribution in [3.8, 4) is 0 Å². The van der Waals surface area contributed by atoms with E-state index < -0.39 is 5.97 Å². The molecular weight excluding hydrogens is 376 g/mol. The summed E-state index contributed by atoms with van der Waals surface area (Å²) in [7, 11) is 0. The molecular formula is C25H20N2O3. The molecule has 5 heteroatoms. The molecule has 4 aromatic rings. The van der Waals surface area contributed by atoms with Gasteiger partial charge < -0.3 is 4.74 Å². The summed E-state index contributed by atoms with van der Waals surface area (Å²) < 4.78 is 6.91. The first-order valence-electron chi connectivity index (χ1n) is 9.67. The van der Waals surface area contributed by atoms with Crippen LogP contribution in [0.25, 0.3) is 23.1 Å². The third-order valence-corrected chi connectivity index (χ3v) is 4.67. The number of carbonyl (C=O) groups excluding carboxylic acids is 1. The van der Waals surface area contributed by atoms with Crippen LogP contribution in [-0.2, 0) is 11.3 Å². The maximum Gasteiger partial charge on any atom is 0.338 e. The van der Waals surface area contributed by atoms with E-state index in [0.29, 0.717) is 22.3 Å². The number of nitrogens with zero attached hydrogens (tertiary/aromatic N) is 2. The predicted molar refractivity (Wildman–Crippen MR) is 118 cm³/mol. The molecule has 0 saturated heterocycles. The minimum Gasteiger partial charge on any atom is -0.460 e. The Morgan fingerprint density at radius 3 is 2.30 bits per heavy atom. The Morgan fingerprint density at radius 1 is 0.867 bits per heavy atom. The first kappa shape index (κ1) is 19.3. The number of hydrogen-bond donors (Lipinski definition) is 0. The van der Waals surface area contributed by atoms with Gasteiger partial charge in [-0.05, 0) is 35.9 Å². The smallest absolute Gasteiger partial charge is 0.338 e. The molecule has 0 unspecified atom stereocenters. The molecule has 3 aromatic carbocycles. The Kier molecular flexibility index (Phi) is 5.80. The molecule has 0 atom stereocenters. The normalized spacial score (nSPS) is 11.1. The van der Waals surface area contributed by atoms with Crippen LogP contribution in [0.2, 0.25) is 0 Å². The van der Waals surface area contributed by atoms with E-state index in [0.717, 1.165) is 5.56 Å². The number of carbonyl (C=O) groups is 1. The lowest BCUT2D eigenvalue weighted by Gasteiger charge is -2.12. The molecule has 0 aliphatic carbocycles. The Labute approximate surface area is 173 Å². The topological polar surface area (TPSA) is 61.2 Å². The van der Waals surface area contributed by atoms with Gasteiger partial charge in [0.15, 0.2) is 0 Å². The summed E-state index contributed by atoms with van der Waals surface area (Å²) in [5.41, 5.74) is 1.95. The Bertz CT molecular complexity index is 1250. The molecule has 5 nitrogen and oxygen atoms in total. The monoisotopic (exact) mass is 396 g/mol. The molecule has 0 fully saturated rings. The largest absolute Gasteiger partial charge is 0.460 e. The number of benzene rings is 3. The van der Waals surface area contributed by atoms with E-state index in [-0.39, 0.29) is 18.7 Å². The SMILES string of the molecule is O=C(OCCn1c(/C=C/c2ccccc2)nc2ccccc2c1=O)c1ccccc1. The minimum atomic E-state index is -0.418. The second-order valence-electron chi connectivity index (χ2n) is 6.69. The molecule has 0 bridgehead atoms. The van der Waals surface area contributed by atoms with Crippen LogP contribution in [-0.4, -0.2) is 22.1 Å². The van der Waals surface area contributed by atoms with Gasteiger partial charge in [-0.1, -0.05) is 66.7 Å². The first-order valence-corrected chi connectivity index (χ1v) is 9.67. The number of rotatable bonds is 6. The van der Waals surface area contributed by atoms with Gasteiger partial charge in [-0.2, -0.15) is 0 Å². The zero-order chi connectivity index (χ0) is 20.8. The van der Waals surface area contributed by atoms with Crippen LogP contribution >= 0.6 is 0 Å². The Balaban J connectivity index is 1.61. The minimum absolute atomic E-state index is 0.0693. The fourth-order valence-corrected chi connectivity index (χ4v) is 3.15. The molecule has 1 aromatic heterocycles. The lowest BCUT2D eigenvalue weighted by Crippen LogP contribution is -2.26. The summed E-state index contributed by atoms with van der Waals surface area (Å²) in [6.07, 6.45) is 3.71. The van der Waals surface area contributed by atoms with E-state index >= 15 is 0 Å². The van der Waals surface area contributed by atoms with Crippen molar-refractivity contribution in [1.29, 1.82) is 0 Å². The van der Waals surface area contributed by atoms with Crippen molar-refractivity contribution in [2.45, 2.75) is 6.54 Å². The highest BCUT2D eigenvalue weighted by molar-refractivity contribution is 5.89. The van der Waals surface area contributed by atoms with E-state index in [9.17, 15) is 9.59 Å². The third kappa shape index (κ3) is 4.36. The standard InChI is InChI=1S/C25H20N2O3/c28-24-21-13-7-8-14-22(21)26-23(16-15-19-9-3-1-4-10-19)27(24)17-18-30-25(29)20-11-5-2-6-12-20/h1-16H,17-18H2/b16-15+. The van der Waals surface area contributed by atoms with Crippen LogP contribution in [0.4, 0.5) is 0 Å². The molecule has 1 heterocycles. The van der Waals surface area contributed by atoms with Gasteiger partial charge in [0, 0.05) is 0 Å². The Hall–Kier alpha value is -3.99. The van der Waals surface area contributed by atoms with Gasteiger partial charge in [-0.25, -0.2) is 9.78 Å². The van der Waals surface area contributed by atoms with Crippen LogP contribution < -0.4 is 5.56 Å². The average Bonchev–Trinajstić information content (AvgIpc) is 2.80. The molecule has 148 valence electrons. The van der Waals surface area contributed by atoms with Crippen molar-refractivity contribution < 1.29 is 9.53 Å². The molecule has 0 N–H and O–H groups in total. The lowest BCUT2D eigenvalue weighted by molar-refractivity contribution is 0.0490. The fourth-order valence-electron chi connectivity index (χ4n) is 3.15. The maximum atomic E-state index is 13.1. The first-order chi connectivity index (χ1) is 14.7. The van der Waals surface area contributed by atoms with E-state index in [4.69, 9.17) is 4.74 Å². The number of esters is 1. The predicted octanol–water partition coefficient (Wildman–Crippen LogP) is 4.42.